The van der Waals surface area contributed by atoms with Crippen molar-refractivity contribution < 1.29 is 9.59 Å². The Morgan fingerprint density at radius 2 is 2.05 bits per heavy atom. The van der Waals surface area contributed by atoms with Crippen LogP contribution < -0.4 is 10.6 Å². The Morgan fingerprint density at radius 3 is 2.70 bits per heavy atom. The van der Waals surface area contributed by atoms with Gasteiger partial charge in [0.05, 0.1) is 5.69 Å². The smallest absolute Gasteiger partial charge is 0.263 e. The molecule has 0 aliphatic rings. The molecule has 106 valence electrons. The third-order valence-electron chi connectivity index (χ3n) is 2.56. The quantitative estimate of drug-likeness (QED) is 0.830. The molecule has 2 rings (SSSR count). The SMILES string of the molecule is CC(=O)NCCNC(=O)c1sc(-c2ccsc2)nc1C. The van der Waals surface area contributed by atoms with Crippen molar-refractivity contribution >= 4 is 34.5 Å². The molecule has 0 saturated heterocycles. The van der Waals surface area contributed by atoms with Crippen LogP contribution in [-0.4, -0.2) is 29.9 Å². The fourth-order valence-corrected chi connectivity index (χ4v) is 3.31. The summed E-state index contributed by atoms with van der Waals surface area (Å²) in [5, 5.41) is 10.3. The summed E-state index contributed by atoms with van der Waals surface area (Å²) in [6.45, 7) is 4.11. The van der Waals surface area contributed by atoms with E-state index in [2.05, 4.69) is 15.6 Å². The minimum Gasteiger partial charge on any atom is -0.355 e. The van der Waals surface area contributed by atoms with Gasteiger partial charge in [0.2, 0.25) is 5.91 Å². The third kappa shape index (κ3) is 3.64. The summed E-state index contributed by atoms with van der Waals surface area (Å²) < 4.78 is 0. The number of nitrogens with zero attached hydrogens (tertiary/aromatic N) is 1. The van der Waals surface area contributed by atoms with Crippen LogP contribution in [0.15, 0.2) is 16.8 Å². The van der Waals surface area contributed by atoms with Gasteiger partial charge in [0.25, 0.3) is 5.91 Å². The molecule has 0 fully saturated rings. The number of amides is 2. The number of rotatable bonds is 5. The van der Waals surface area contributed by atoms with Gasteiger partial charge < -0.3 is 10.6 Å². The Labute approximate surface area is 125 Å². The van der Waals surface area contributed by atoms with Crippen LogP contribution in [0, 0.1) is 6.92 Å². The van der Waals surface area contributed by atoms with E-state index in [0.29, 0.717) is 18.0 Å². The Morgan fingerprint density at radius 1 is 1.30 bits per heavy atom. The van der Waals surface area contributed by atoms with Gasteiger partial charge in [-0.2, -0.15) is 11.3 Å². The van der Waals surface area contributed by atoms with Gasteiger partial charge in [-0.1, -0.05) is 0 Å². The number of hydrogen-bond acceptors (Lipinski definition) is 5. The number of hydrogen-bond donors (Lipinski definition) is 2. The average Bonchev–Trinajstić information content (AvgIpc) is 3.02. The first kappa shape index (κ1) is 14.7. The summed E-state index contributed by atoms with van der Waals surface area (Å²) in [6, 6.07) is 1.99. The topological polar surface area (TPSA) is 71.1 Å². The molecule has 5 nitrogen and oxygen atoms in total. The lowest BCUT2D eigenvalue weighted by Crippen LogP contribution is -2.33. The molecule has 0 spiro atoms. The van der Waals surface area contributed by atoms with Crippen molar-refractivity contribution in [2.45, 2.75) is 13.8 Å². The molecule has 0 radical (unpaired) electrons. The molecular formula is C13H15N3O2S2. The van der Waals surface area contributed by atoms with Gasteiger partial charge in [-0.25, -0.2) is 4.98 Å². The molecule has 2 aromatic rings. The van der Waals surface area contributed by atoms with E-state index in [1.165, 1.54) is 18.3 Å². The van der Waals surface area contributed by atoms with E-state index >= 15 is 0 Å². The van der Waals surface area contributed by atoms with Crippen LogP contribution in [0.25, 0.3) is 10.6 Å². The molecular weight excluding hydrogens is 294 g/mol. The zero-order chi connectivity index (χ0) is 14.5. The van der Waals surface area contributed by atoms with E-state index in [0.717, 1.165) is 16.3 Å². The average molecular weight is 309 g/mol. The fourth-order valence-electron chi connectivity index (χ4n) is 1.61. The third-order valence-corrected chi connectivity index (χ3v) is 4.44. The standard InChI is InChI=1S/C13H15N3O2S2/c1-8-11(12(18)15-5-4-14-9(2)17)20-13(16-8)10-3-6-19-7-10/h3,6-7H,4-5H2,1-2H3,(H,14,17)(H,15,18). The Kier molecular flexibility index (Phi) is 4.86. The maximum absolute atomic E-state index is 12.0. The van der Waals surface area contributed by atoms with Gasteiger partial charge in [0.1, 0.15) is 9.88 Å². The van der Waals surface area contributed by atoms with Gasteiger partial charge in [0.15, 0.2) is 0 Å². The monoisotopic (exact) mass is 309 g/mol. The maximum Gasteiger partial charge on any atom is 0.263 e. The molecule has 0 aromatic carbocycles. The fraction of sp³-hybridized carbons (Fsp3) is 0.308. The lowest BCUT2D eigenvalue weighted by Gasteiger charge is -2.04. The van der Waals surface area contributed by atoms with Crippen molar-refractivity contribution in [3.63, 3.8) is 0 Å². The van der Waals surface area contributed by atoms with E-state index in [-0.39, 0.29) is 11.8 Å². The van der Waals surface area contributed by atoms with E-state index in [4.69, 9.17) is 0 Å². The summed E-state index contributed by atoms with van der Waals surface area (Å²) in [4.78, 5) is 27.8. The van der Waals surface area contributed by atoms with Crippen molar-refractivity contribution in [3.8, 4) is 10.6 Å². The second-order valence-electron chi connectivity index (χ2n) is 4.18. The Bertz CT molecular complexity index is 605. The summed E-state index contributed by atoms with van der Waals surface area (Å²) in [6.07, 6.45) is 0. The molecule has 2 amide bonds. The first-order valence-electron chi connectivity index (χ1n) is 6.10. The van der Waals surface area contributed by atoms with Gasteiger partial charge in [0, 0.05) is 31.0 Å². The maximum atomic E-state index is 12.0. The summed E-state index contributed by atoms with van der Waals surface area (Å²) in [5.41, 5.74) is 1.77. The normalized spacial score (nSPS) is 10.3. The van der Waals surface area contributed by atoms with Crippen molar-refractivity contribution in [1.82, 2.24) is 15.6 Å². The van der Waals surface area contributed by atoms with Gasteiger partial charge >= 0.3 is 0 Å². The molecule has 0 atom stereocenters. The van der Waals surface area contributed by atoms with Crippen molar-refractivity contribution in [1.29, 1.82) is 0 Å². The molecule has 0 bridgehead atoms. The van der Waals surface area contributed by atoms with Gasteiger partial charge in [-0.15, -0.1) is 11.3 Å². The van der Waals surface area contributed by atoms with Crippen LogP contribution in [-0.2, 0) is 4.79 Å². The zero-order valence-electron chi connectivity index (χ0n) is 11.2. The second kappa shape index (κ2) is 6.62. The van der Waals surface area contributed by atoms with Crippen LogP contribution >= 0.6 is 22.7 Å². The minimum absolute atomic E-state index is 0.104. The largest absolute Gasteiger partial charge is 0.355 e. The highest BCUT2D eigenvalue weighted by atomic mass is 32.1. The van der Waals surface area contributed by atoms with E-state index in [1.54, 1.807) is 11.3 Å². The summed E-state index contributed by atoms with van der Waals surface area (Å²) >= 11 is 2.99. The number of carbonyl (C=O) groups is 2. The highest BCUT2D eigenvalue weighted by Crippen LogP contribution is 2.29. The molecule has 0 aliphatic carbocycles. The number of aromatic nitrogens is 1. The summed E-state index contributed by atoms with van der Waals surface area (Å²) in [7, 11) is 0. The highest BCUT2D eigenvalue weighted by molar-refractivity contribution is 7.17. The molecule has 2 aromatic heterocycles. The minimum atomic E-state index is -0.146. The molecule has 0 unspecified atom stereocenters. The number of carbonyl (C=O) groups excluding carboxylic acids is 2. The van der Waals surface area contributed by atoms with Crippen molar-refractivity contribution in [3.05, 3.63) is 27.4 Å². The van der Waals surface area contributed by atoms with Crippen molar-refractivity contribution in [2.75, 3.05) is 13.1 Å². The number of aryl methyl sites for hydroxylation is 1. The van der Waals surface area contributed by atoms with E-state index in [9.17, 15) is 9.59 Å². The highest BCUT2D eigenvalue weighted by Gasteiger charge is 2.15. The predicted molar refractivity (Wildman–Crippen MR) is 81.2 cm³/mol. The predicted octanol–water partition coefficient (Wildman–Crippen LogP) is 2.05. The molecule has 20 heavy (non-hydrogen) atoms. The van der Waals surface area contributed by atoms with Crippen LogP contribution in [0.3, 0.4) is 0 Å². The van der Waals surface area contributed by atoms with Crippen LogP contribution in [0.2, 0.25) is 0 Å². The molecule has 0 aliphatic heterocycles. The van der Waals surface area contributed by atoms with Crippen LogP contribution in [0.5, 0.6) is 0 Å². The lowest BCUT2D eigenvalue weighted by atomic mass is 10.3. The number of thiazole rings is 1. The second-order valence-corrected chi connectivity index (χ2v) is 5.96. The van der Waals surface area contributed by atoms with Crippen molar-refractivity contribution in [2.24, 2.45) is 0 Å². The Balaban J connectivity index is 1.98. The lowest BCUT2D eigenvalue weighted by molar-refractivity contribution is -0.118. The van der Waals surface area contributed by atoms with Crippen LogP contribution in [0.4, 0.5) is 0 Å². The van der Waals surface area contributed by atoms with Gasteiger partial charge in [-0.05, 0) is 18.4 Å². The van der Waals surface area contributed by atoms with Gasteiger partial charge in [-0.3, -0.25) is 9.59 Å². The van der Waals surface area contributed by atoms with Crippen LogP contribution in [0.1, 0.15) is 22.3 Å². The zero-order valence-corrected chi connectivity index (χ0v) is 12.9. The van der Waals surface area contributed by atoms with E-state index in [1.807, 2.05) is 23.8 Å². The first-order valence-corrected chi connectivity index (χ1v) is 7.86. The summed E-state index contributed by atoms with van der Waals surface area (Å²) in [5.74, 6) is -0.250. The number of thiophene rings is 1. The Hall–Kier alpha value is -1.73. The molecule has 7 heteroatoms. The van der Waals surface area contributed by atoms with E-state index < -0.39 is 0 Å². The molecule has 2 N–H and O–H groups in total. The molecule has 0 saturated carbocycles. The first-order chi connectivity index (χ1) is 9.58. The molecule has 2 heterocycles. The number of nitrogens with one attached hydrogen (secondary N) is 2.